The number of anilines is 1. The number of ether oxygens (including phenoxy) is 1. The summed E-state index contributed by atoms with van der Waals surface area (Å²) in [5.41, 5.74) is 5.65. The molecule has 5 heteroatoms. The Labute approximate surface area is 98.7 Å². The molecule has 1 aromatic carbocycles. The Morgan fingerprint density at radius 2 is 2.38 bits per heavy atom. The topological polar surface area (TPSA) is 64.4 Å². The number of hydrogen-bond donors (Lipinski definition) is 2. The molecule has 1 saturated heterocycles. The van der Waals surface area contributed by atoms with Crippen LogP contribution >= 0.6 is 11.6 Å². The van der Waals surface area contributed by atoms with Crippen LogP contribution in [0.5, 0.6) is 0 Å². The van der Waals surface area contributed by atoms with Crippen LogP contribution in [0.2, 0.25) is 5.02 Å². The predicted octanol–water partition coefficient (Wildman–Crippen LogP) is 1.40. The predicted molar refractivity (Wildman–Crippen MR) is 62.4 cm³/mol. The lowest BCUT2D eigenvalue weighted by Crippen LogP contribution is -2.51. The van der Waals surface area contributed by atoms with Crippen LogP contribution in [-0.4, -0.2) is 24.7 Å². The minimum absolute atomic E-state index is 0.229. The highest BCUT2D eigenvalue weighted by Gasteiger charge is 2.38. The maximum atomic E-state index is 11.9. The van der Waals surface area contributed by atoms with E-state index >= 15 is 0 Å². The summed E-state index contributed by atoms with van der Waals surface area (Å²) in [5.74, 6) is -0.229. The zero-order valence-electron chi connectivity index (χ0n) is 8.70. The number of nitrogens with two attached hydrogens (primary N) is 1. The van der Waals surface area contributed by atoms with Crippen molar-refractivity contribution < 1.29 is 9.53 Å². The van der Waals surface area contributed by atoms with Crippen LogP contribution in [0, 0.1) is 0 Å². The van der Waals surface area contributed by atoms with Crippen LogP contribution < -0.4 is 11.1 Å². The van der Waals surface area contributed by atoms with Gasteiger partial charge in [0.2, 0.25) is 5.91 Å². The van der Waals surface area contributed by atoms with Gasteiger partial charge in [-0.3, -0.25) is 4.79 Å². The lowest BCUT2D eigenvalue weighted by molar-refractivity contribution is -0.121. The van der Waals surface area contributed by atoms with Crippen molar-refractivity contribution >= 4 is 23.2 Å². The first-order valence-corrected chi connectivity index (χ1v) is 5.42. The van der Waals surface area contributed by atoms with Crippen LogP contribution in [0.4, 0.5) is 5.69 Å². The van der Waals surface area contributed by atoms with E-state index in [0.717, 1.165) is 0 Å². The van der Waals surface area contributed by atoms with Crippen molar-refractivity contribution in [1.29, 1.82) is 0 Å². The zero-order valence-corrected chi connectivity index (χ0v) is 9.46. The van der Waals surface area contributed by atoms with E-state index in [9.17, 15) is 4.79 Å². The Morgan fingerprint density at radius 1 is 1.56 bits per heavy atom. The van der Waals surface area contributed by atoms with Crippen molar-refractivity contribution in [2.45, 2.75) is 12.0 Å². The number of halogens is 1. The smallest absolute Gasteiger partial charge is 0.246 e. The van der Waals surface area contributed by atoms with Gasteiger partial charge in [0, 0.05) is 17.3 Å². The minimum atomic E-state index is -0.914. The summed E-state index contributed by atoms with van der Waals surface area (Å²) in [6, 6.07) is 6.96. The number of nitrogens with one attached hydrogen (secondary N) is 1. The Morgan fingerprint density at radius 3 is 3.00 bits per heavy atom. The molecule has 1 aliphatic heterocycles. The maximum Gasteiger partial charge on any atom is 0.246 e. The Balaban J connectivity index is 2.07. The van der Waals surface area contributed by atoms with Gasteiger partial charge in [-0.2, -0.15) is 0 Å². The summed E-state index contributed by atoms with van der Waals surface area (Å²) in [7, 11) is 0. The second-order valence-electron chi connectivity index (χ2n) is 3.92. The maximum absolute atomic E-state index is 11.9. The highest BCUT2D eigenvalue weighted by molar-refractivity contribution is 6.30. The summed E-state index contributed by atoms with van der Waals surface area (Å²) >= 11 is 5.82. The van der Waals surface area contributed by atoms with E-state index in [4.69, 9.17) is 22.1 Å². The van der Waals surface area contributed by atoms with Crippen molar-refractivity contribution in [3.05, 3.63) is 29.3 Å². The van der Waals surface area contributed by atoms with E-state index in [0.29, 0.717) is 23.7 Å². The van der Waals surface area contributed by atoms with Crippen molar-refractivity contribution in [1.82, 2.24) is 0 Å². The first-order chi connectivity index (χ1) is 7.60. The molecule has 4 nitrogen and oxygen atoms in total. The van der Waals surface area contributed by atoms with Gasteiger partial charge in [0.1, 0.15) is 5.54 Å². The van der Waals surface area contributed by atoms with E-state index in [1.165, 1.54) is 0 Å². The second kappa shape index (κ2) is 4.41. The fourth-order valence-electron chi connectivity index (χ4n) is 1.58. The lowest BCUT2D eigenvalue weighted by Gasteiger charge is -2.20. The average molecular weight is 241 g/mol. The van der Waals surface area contributed by atoms with Gasteiger partial charge in [-0.05, 0) is 24.6 Å². The molecule has 3 N–H and O–H groups in total. The van der Waals surface area contributed by atoms with Gasteiger partial charge in [0.25, 0.3) is 0 Å². The molecular weight excluding hydrogens is 228 g/mol. The monoisotopic (exact) mass is 240 g/mol. The molecule has 1 heterocycles. The standard InChI is InChI=1S/C11H13ClN2O2/c12-8-2-1-3-9(6-8)14-10(15)11(13)4-5-16-7-11/h1-3,6H,4-5,7,13H2,(H,14,15). The third kappa shape index (κ3) is 2.35. The molecule has 86 valence electrons. The summed E-state index contributed by atoms with van der Waals surface area (Å²) in [5, 5.41) is 3.31. The normalized spacial score (nSPS) is 24.4. The van der Waals surface area contributed by atoms with Gasteiger partial charge >= 0.3 is 0 Å². The minimum Gasteiger partial charge on any atom is -0.379 e. The van der Waals surface area contributed by atoms with Crippen molar-refractivity contribution in [3.63, 3.8) is 0 Å². The molecular formula is C11H13ClN2O2. The average Bonchev–Trinajstić information content (AvgIpc) is 2.66. The third-order valence-electron chi connectivity index (χ3n) is 2.59. The Hall–Kier alpha value is -1.10. The third-order valence-corrected chi connectivity index (χ3v) is 2.82. The molecule has 0 radical (unpaired) electrons. The summed E-state index contributed by atoms with van der Waals surface area (Å²) in [4.78, 5) is 11.9. The molecule has 0 bridgehead atoms. The van der Waals surface area contributed by atoms with Crippen LogP contribution in [0.1, 0.15) is 6.42 Å². The zero-order chi connectivity index (χ0) is 11.6. The molecule has 1 aliphatic rings. The SMILES string of the molecule is NC1(C(=O)Nc2cccc(Cl)c2)CCOC1. The highest BCUT2D eigenvalue weighted by atomic mass is 35.5. The molecule has 0 saturated carbocycles. The summed E-state index contributed by atoms with van der Waals surface area (Å²) in [6.45, 7) is 0.791. The number of rotatable bonds is 2. The van der Waals surface area contributed by atoms with Crippen molar-refractivity contribution in [3.8, 4) is 0 Å². The Bertz CT molecular complexity index is 403. The van der Waals surface area contributed by atoms with E-state index in [1.807, 2.05) is 0 Å². The van der Waals surface area contributed by atoms with Gasteiger partial charge in [-0.15, -0.1) is 0 Å². The quantitative estimate of drug-likeness (QED) is 0.821. The summed E-state index contributed by atoms with van der Waals surface area (Å²) < 4.78 is 5.13. The molecule has 0 aliphatic carbocycles. The van der Waals surface area contributed by atoms with Crippen LogP contribution in [0.15, 0.2) is 24.3 Å². The van der Waals surface area contributed by atoms with Gasteiger partial charge in [-0.1, -0.05) is 17.7 Å². The molecule has 0 aromatic heterocycles. The largest absolute Gasteiger partial charge is 0.379 e. The van der Waals surface area contributed by atoms with Crippen LogP contribution in [0.25, 0.3) is 0 Å². The number of carbonyl (C=O) groups excluding carboxylic acids is 1. The van der Waals surface area contributed by atoms with Crippen LogP contribution in [0.3, 0.4) is 0 Å². The van der Waals surface area contributed by atoms with E-state index in [-0.39, 0.29) is 12.5 Å². The number of amides is 1. The molecule has 1 unspecified atom stereocenters. The van der Waals surface area contributed by atoms with Gasteiger partial charge in [0.15, 0.2) is 0 Å². The number of hydrogen-bond acceptors (Lipinski definition) is 3. The highest BCUT2D eigenvalue weighted by Crippen LogP contribution is 2.20. The van der Waals surface area contributed by atoms with Gasteiger partial charge in [-0.25, -0.2) is 0 Å². The fourth-order valence-corrected chi connectivity index (χ4v) is 1.77. The first kappa shape index (κ1) is 11.4. The molecule has 2 rings (SSSR count). The van der Waals surface area contributed by atoms with E-state index < -0.39 is 5.54 Å². The molecule has 1 fully saturated rings. The van der Waals surface area contributed by atoms with Gasteiger partial charge < -0.3 is 15.8 Å². The number of benzene rings is 1. The van der Waals surface area contributed by atoms with Crippen LogP contribution in [-0.2, 0) is 9.53 Å². The lowest BCUT2D eigenvalue weighted by atomic mass is 9.99. The Kier molecular flexibility index (Phi) is 3.14. The fraction of sp³-hybridized carbons (Fsp3) is 0.364. The molecule has 16 heavy (non-hydrogen) atoms. The first-order valence-electron chi connectivity index (χ1n) is 5.04. The molecule has 0 spiro atoms. The molecule has 1 amide bonds. The van der Waals surface area contributed by atoms with E-state index in [1.54, 1.807) is 24.3 Å². The van der Waals surface area contributed by atoms with E-state index in [2.05, 4.69) is 5.32 Å². The van der Waals surface area contributed by atoms with Crippen molar-refractivity contribution in [2.75, 3.05) is 18.5 Å². The number of carbonyl (C=O) groups is 1. The molecule has 1 atom stereocenters. The van der Waals surface area contributed by atoms with Crippen molar-refractivity contribution in [2.24, 2.45) is 5.73 Å². The second-order valence-corrected chi connectivity index (χ2v) is 4.36. The summed E-state index contributed by atoms with van der Waals surface area (Å²) in [6.07, 6.45) is 0.541. The molecule has 1 aromatic rings. The van der Waals surface area contributed by atoms with Gasteiger partial charge in [0.05, 0.1) is 6.61 Å².